The van der Waals surface area contributed by atoms with Gasteiger partial charge in [-0.3, -0.25) is 0 Å². The fourth-order valence-corrected chi connectivity index (χ4v) is 3.56. The Labute approximate surface area is 161 Å². The van der Waals surface area contributed by atoms with Crippen LogP contribution in [0.1, 0.15) is 17.3 Å². The molecule has 0 N–H and O–H groups in total. The molecule has 0 spiro atoms. The van der Waals surface area contributed by atoms with Crippen LogP contribution in [-0.2, 0) is 4.74 Å². The number of ether oxygens (including phenoxy) is 1. The zero-order valence-electron chi connectivity index (χ0n) is 14.7. The van der Waals surface area contributed by atoms with E-state index in [4.69, 9.17) is 4.74 Å². The Morgan fingerprint density at radius 3 is 2.52 bits per heavy atom. The molecule has 5 nitrogen and oxygen atoms in total. The standard InChI is InChI=1S/C21H17N3O2S/c1-2-26-21(25)16-12-22-20-19(13-23-24(20)14-16)15-8-10-18(11-9-15)27-17-6-4-3-5-7-17/h3-14H,2H2,1H3. The first-order valence-corrected chi connectivity index (χ1v) is 9.40. The summed E-state index contributed by atoms with van der Waals surface area (Å²) in [4.78, 5) is 18.6. The van der Waals surface area contributed by atoms with Gasteiger partial charge in [0.1, 0.15) is 0 Å². The van der Waals surface area contributed by atoms with Gasteiger partial charge in [0.2, 0.25) is 0 Å². The SMILES string of the molecule is CCOC(=O)c1cnc2c(-c3ccc(Sc4ccccc4)cc3)cnn2c1. The molecule has 0 atom stereocenters. The van der Waals surface area contributed by atoms with E-state index in [0.717, 1.165) is 11.1 Å². The van der Waals surface area contributed by atoms with Gasteiger partial charge in [-0.05, 0) is 36.8 Å². The van der Waals surface area contributed by atoms with Crippen molar-refractivity contribution in [3.63, 3.8) is 0 Å². The lowest BCUT2D eigenvalue weighted by molar-refractivity contribution is 0.0525. The van der Waals surface area contributed by atoms with Crippen molar-refractivity contribution < 1.29 is 9.53 Å². The van der Waals surface area contributed by atoms with Crippen molar-refractivity contribution >= 4 is 23.4 Å². The van der Waals surface area contributed by atoms with E-state index in [-0.39, 0.29) is 0 Å². The summed E-state index contributed by atoms with van der Waals surface area (Å²) >= 11 is 1.72. The highest BCUT2D eigenvalue weighted by atomic mass is 32.2. The first-order chi connectivity index (χ1) is 13.2. The number of hydrogen-bond acceptors (Lipinski definition) is 5. The van der Waals surface area contributed by atoms with Crippen LogP contribution in [0.15, 0.2) is 83.0 Å². The van der Waals surface area contributed by atoms with Crippen molar-refractivity contribution in [3.05, 3.63) is 78.8 Å². The minimum Gasteiger partial charge on any atom is -0.462 e. The number of rotatable bonds is 5. The van der Waals surface area contributed by atoms with E-state index in [1.54, 1.807) is 35.6 Å². The van der Waals surface area contributed by atoms with Crippen LogP contribution >= 0.6 is 11.8 Å². The maximum Gasteiger partial charge on any atom is 0.341 e. The van der Waals surface area contributed by atoms with Crippen molar-refractivity contribution in [1.29, 1.82) is 0 Å². The third kappa shape index (κ3) is 3.71. The number of benzene rings is 2. The number of carbonyl (C=O) groups excluding carboxylic acids is 1. The molecule has 2 aromatic heterocycles. The minimum absolute atomic E-state index is 0.328. The molecule has 0 saturated carbocycles. The fraction of sp³-hybridized carbons (Fsp3) is 0.0952. The molecule has 27 heavy (non-hydrogen) atoms. The van der Waals surface area contributed by atoms with Gasteiger partial charge in [0, 0.05) is 27.7 Å². The van der Waals surface area contributed by atoms with E-state index >= 15 is 0 Å². The van der Waals surface area contributed by atoms with Crippen molar-refractivity contribution in [1.82, 2.24) is 14.6 Å². The predicted octanol–water partition coefficient (Wildman–Crippen LogP) is 4.72. The Balaban J connectivity index is 1.59. The second-order valence-electron chi connectivity index (χ2n) is 5.83. The van der Waals surface area contributed by atoms with Gasteiger partial charge in [-0.25, -0.2) is 14.3 Å². The lowest BCUT2D eigenvalue weighted by atomic mass is 10.1. The molecule has 134 valence electrons. The molecule has 2 heterocycles. The molecule has 6 heteroatoms. The number of aromatic nitrogens is 3. The molecule has 0 aliphatic heterocycles. The van der Waals surface area contributed by atoms with E-state index in [9.17, 15) is 4.79 Å². The summed E-state index contributed by atoms with van der Waals surface area (Å²) in [6.07, 6.45) is 4.93. The third-order valence-corrected chi connectivity index (χ3v) is 5.03. The Bertz CT molecular complexity index is 1080. The largest absolute Gasteiger partial charge is 0.462 e. The van der Waals surface area contributed by atoms with Crippen molar-refractivity contribution in [3.8, 4) is 11.1 Å². The van der Waals surface area contributed by atoms with Crippen LogP contribution in [0.2, 0.25) is 0 Å². The minimum atomic E-state index is -0.397. The molecule has 4 aromatic rings. The normalized spacial score (nSPS) is 10.9. The Morgan fingerprint density at radius 2 is 1.78 bits per heavy atom. The maximum absolute atomic E-state index is 11.8. The monoisotopic (exact) mass is 375 g/mol. The quantitative estimate of drug-likeness (QED) is 0.472. The van der Waals surface area contributed by atoms with Crippen LogP contribution in [0.5, 0.6) is 0 Å². The van der Waals surface area contributed by atoms with Crippen LogP contribution in [-0.4, -0.2) is 27.2 Å². The summed E-state index contributed by atoms with van der Waals surface area (Å²) in [5.41, 5.74) is 3.03. The lowest BCUT2D eigenvalue weighted by Crippen LogP contribution is -2.07. The summed E-state index contributed by atoms with van der Waals surface area (Å²) in [6.45, 7) is 2.10. The topological polar surface area (TPSA) is 56.5 Å². The number of carbonyl (C=O) groups is 1. The molecular formula is C21H17N3O2S. The first kappa shape index (κ1) is 17.3. The van der Waals surface area contributed by atoms with Gasteiger partial charge in [0.15, 0.2) is 5.65 Å². The molecule has 2 aromatic carbocycles. The number of fused-ring (bicyclic) bond motifs is 1. The van der Waals surface area contributed by atoms with E-state index in [0.29, 0.717) is 17.8 Å². The molecule has 0 aliphatic carbocycles. The highest BCUT2D eigenvalue weighted by molar-refractivity contribution is 7.99. The van der Waals surface area contributed by atoms with Gasteiger partial charge in [-0.1, -0.05) is 42.1 Å². The van der Waals surface area contributed by atoms with Gasteiger partial charge in [-0.2, -0.15) is 5.10 Å². The van der Waals surface area contributed by atoms with Crippen molar-refractivity contribution in [2.24, 2.45) is 0 Å². The van der Waals surface area contributed by atoms with Crippen LogP contribution in [0.3, 0.4) is 0 Å². The molecule has 0 saturated heterocycles. The highest BCUT2D eigenvalue weighted by Gasteiger charge is 2.12. The summed E-state index contributed by atoms with van der Waals surface area (Å²) < 4.78 is 6.61. The van der Waals surface area contributed by atoms with E-state index in [1.807, 2.05) is 18.2 Å². The fourth-order valence-electron chi connectivity index (χ4n) is 2.73. The molecule has 0 fully saturated rings. The second kappa shape index (κ2) is 7.63. The van der Waals surface area contributed by atoms with Crippen LogP contribution in [0.4, 0.5) is 0 Å². The number of esters is 1. The molecule has 0 radical (unpaired) electrons. The van der Waals surface area contributed by atoms with Gasteiger partial charge < -0.3 is 4.74 Å². The zero-order valence-corrected chi connectivity index (χ0v) is 15.5. The zero-order chi connectivity index (χ0) is 18.6. The first-order valence-electron chi connectivity index (χ1n) is 8.58. The van der Waals surface area contributed by atoms with Crippen LogP contribution in [0, 0.1) is 0 Å². The lowest BCUT2D eigenvalue weighted by Gasteiger charge is -2.04. The average molecular weight is 375 g/mol. The Hall–Kier alpha value is -3.12. The molecule has 4 rings (SSSR count). The van der Waals surface area contributed by atoms with Crippen LogP contribution in [0.25, 0.3) is 16.8 Å². The highest BCUT2D eigenvalue weighted by Crippen LogP contribution is 2.30. The molecule has 0 bridgehead atoms. The van der Waals surface area contributed by atoms with Gasteiger partial charge in [0.05, 0.1) is 18.4 Å². The Kier molecular flexibility index (Phi) is 4.89. The van der Waals surface area contributed by atoms with E-state index in [2.05, 4.69) is 46.5 Å². The van der Waals surface area contributed by atoms with Gasteiger partial charge in [0.25, 0.3) is 0 Å². The predicted molar refractivity (Wildman–Crippen MR) is 105 cm³/mol. The van der Waals surface area contributed by atoms with Crippen molar-refractivity contribution in [2.45, 2.75) is 16.7 Å². The molecule has 0 amide bonds. The maximum atomic E-state index is 11.8. The second-order valence-corrected chi connectivity index (χ2v) is 6.98. The summed E-state index contributed by atoms with van der Waals surface area (Å²) in [6, 6.07) is 18.6. The molecule has 0 unspecified atom stereocenters. The number of nitrogens with zero attached hydrogens (tertiary/aromatic N) is 3. The van der Waals surface area contributed by atoms with Crippen LogP contribution < -0.4 is 0 Å². The van der Waals surface area contributed by atoms with Gasteiger partial charge in [-0.15, -0.1) is 0 Å². The smallest absolute Gasteiger partial charge is 0.341 e. The third-order valence-electron chi connectivity index (χ3n) is 4.01. The summed E-state index contributed by atoms with van der Waals surface area (Å²) in [7, 11) is 0. The Morgan fingerprint density at radius 1 is 1.04 bits per heavy atom. The number of hydrogen-bond donors (Lipinski definition) is 0. The summed E-state index contributed by atoms with van der Waals surface area (Å²) in [5.74, 6) is -0.397. The average Bonchev–Trinajstić information content (AvgIpc) is 3.13. The van der Waals surface area contributed by atoms with Gasteiger partial charge >= 0.3 is 5.97 Å². The molecular weight excluding hydrogens is 358 g/mol. The summed E-state index contributed by atoms with van der Waals surface area (Å²) in [5, 5.41) is 4.33. The van der Waals surface area contributed by atoms with E-state index < -0.39 is 5.97 Å². The molecule has 0 aliphatic rings. The van der Waals surface area contributed by atoms with E-state index in [1.165, 1.54) is 16.0 Å². The van der Waals surface area contributed by atoms with Crippen molar-refractivity contribution in [2.75, 3.05) is 6.61 Å².